The molecule has 1 aromatic rings. The normalized spacial score (nSPS) is 21.1. The van der Waals surface area contributed by atoms with Gasteiger partial charge >= 0.3 is 0 Å². The molecular formula is C9H13NO. The lowest BCUT2D eigenvalue weighted by Crippen LogP contribution is -2.24. The summed E-state index contributed by atoms with van der Waals surface area (Å²) >= 11 is 0. The highest BCUT2D eigenvalue weighted by molar-refractivity contribution is 5.18. The van der Waals surface area contributed by atoms with Crippen LogP contribution in [-0.4, -0.2) is 11.1 Å². The van der Waals surface area contributed by atoms with Gasteiger partial charge in [-0.3, -0.25) is 0 Å². The maximum Gasteiger partial charge on any atom is 0.0938 e. The molecular weight excluding hydrogens is 138 g/mol. The molecule has 2 heteroatoms. The van der Waals surface area contributed by atoms with E-state index < -0.39 is 19.0 Å². The molecule has 1 rings (SSSR count). The topological polar surface area (TPSA) is 46.2 Å². The first-order chi connectivity index (χ1) is 6.43. The number of hydrogen-bond acceptors (Lipinski definition) is 2. The Hall–Kier alpha value is -0.860. The van der Waals surface area contributed by atoms with Crippen molar-refractivity contribution in [2.45, 2.75) is 19.0 Å². The van der Waals surface area contributed by atoms with E-state index in [0.29, 0.717) is 5.56 Å². The van der Waals surface area contributed by atoms with Crippen molar-refractivity contribution >= 4 is 0 Å². The lowest BCUT2D eigenvalue weighted by molar-refractivity contribution is 0.153. The zero-order valence-corrected chi connectivity index (χ0v) is 6.07. The molecule has 1 aromatic carbocycles. The highest BCUT2D eigenvalue weighted by Gasteiger charge is 2.10. The van der Waals surface area contributed by atoms with Gasteiger partial charge in [0.05, 0.1) is 6.10 Å². The number of hydrogen-bond donors (Lipinski definition) is 2. The predicted molar refractivity (Wildman–Crippen MR) is 45.1 cm³/mol. The molecule has 0 spiro atoms. The maximum absolute atomic E-state index is 9.64. The van der Waals surface area contributed by atoms with Gasteiger partial charge < -0.3 is 10.8 Å². The molecule has 0 saturated heterocycles. The molecule has 0 amide bonds. The molecule has 0 fully saturated rings. The quantitative estimate of drug-likeness (QED) is 0.669. The van der Waals surface area contributed by atoms with Crippen molar-refractivity contribution < 1.29 is 9.22 Å². The molecule has 0 saturated carbocycles. The second kappa shape index (κ2) is 3.51. The molecule has 11 heavy (non-hydrogen) atoms. The van der Waals surface area contributed by atoms with E-state index in [-0.39, 0.29) is 0 Å². The van der Waals surface area contributed by atoms with E-state index in [1.165, 1.54) is 0 Å². The fourth-order valence-electron chi connectivity index (χ4n) is 0.858. The van der Waals surface area contributed by atoms with Gasteiger partial charge in [0.15, 0.2) is 0 Å². The van der Waals surface area contributed by atoms with Crippen molar-refractivity contribution in [2.24, 2.45) is 5.73 Å². The Labute approximate surface area is 70.9 Å². The monoisotopic (exact) mass is 154 g/mol. The fourth-order valence-corrected chi connectivity index (χ4v) is 0.858. The van der Waals surface area contributed by atoms with Crippen molar-refractivity contribution in [3.63, 3.8) is 0 Å². The van der Waals surface area contributed by atoms with Crippen molar-refractivity contribution in [1.29, 1.82) is 0 Å². The maximum atomic E-state index is 9.64. The van der Waals surface area contributed by atoms with Gasteiger partial charge in [0.2, 0.25) is 0 Å². The molecule has 0 heterocycles. The average Bonchev–Trinajstić information content (AvgIpc) is 2.15. The summed E-state index contributed by atoms with van der Waals surface area (Å²) in [6.07, 6.45) is -1.15. The molecule has 0 aromatic heterocycles. The van der Waals surface area contributed by atoms with Gasteiger partial charge in [-0.05, 0) is 12.4 Å². The van der Waals surface area contributed by atoms with E-state index in [1.807, 2.05) is 0 Å². The van der Waals surface area contributed by atoms with Crippen LogP contribution in [0.15, 0.2) is 30.3 Å². The molecule has 0 unspecified atom stereocenters. The largest absolute Gasteiger partial charge is 0.387 e. The molecule has 2 atom stereocenters. The van der Waals surface area contributed by atoms with Gasteiger partial charge in [-0.2, -0.15) is 0 Å². The van der Waals surface area contributed by atoms with E-state index in [0.717, 1.165) is 0 Å². The Balaban J connectivity index is 2.81. The van der Waals surface area contributed by atoms with E-state index in [4.69, 9.17) is 9.85 Å². The highest BCUT2D eigenvalue weighted by atomic mass is 16.3. The molecule has 3 N–H and O–H groups in total. The van der Waals surface area contributed by atoms with Crippen molar-refractivity contribution in [1.82, 2.24) is 0 Å². The van der Waals surface area contributed by atoms with Crippen LogP contribution in [0.5, 0.6) is 0 Å². The van der Waals surface area contributed by atoms with E-state index in [1.54, 1.807) is 30.3 Å². The van der Waals surface area contributed by atoms with Gasteiger partial charge in [0.25, 0.3) is 0 Å². The van der Waals surface area contributed by atoms with Crippen LogP contribution in [0.4, 0.5) is 0 Å². The number of nitrogens with two attached hydrogens (primary N) is 1. The average molecular weight is 154 g/mol. The number of aliphatic hydroxyl groups excluding tert-OH is 1. The summed E-state index contributed by atoms with van der Waals surface area (Å²) in [5, 5.41) is 9.64. The summed E-state index contributed by atoms with van der Waals surface area (Å²) in [5.74, 6) is 0. The summed E-state index contributed by atoms with van der Waals surface area (Å²) in [7, 11) is 0. The third-order valence-electron chi connectivity index (χ3n) is 1.48. The molecule has 0 aliphatic rings. The minimum atomic E-state index is -2.34. The van der Waals surface area contributed by atoms with Gasteiger partial charge in [-0.1, -0.05) is 30.3 Å². The van der Waals surface area contributed by atoms with Crippen LogP contribution in [-0.2, 0) is 0 Å². The van der Waals surface area contributed by atoms with Gasteiger partial charge in [-0.15, -0.1) is 0 Å². The molecule has 0 aliphatic heterocycles. The van der Waals surface area contributed by atoms with Crippen LogP contribution in [0.1, 0.15) is 22.6 Å². The van der Waals surface area contributed by atoms with Gasteiger partial charge in [0, 0.05) is 10.2 Å². The Kier molecular flexibility index (Phi) is 1.56. The van der Waals surface area contributed by atoms with Crippen LogP contribution in [0.25, 0.3) is 0 Å². The number of benzene rings is 1. The summed E-state index contributed by atoms with van der Waals surface area (Å²) < 4.78 is 21.2. The highest BCUT2D eigenvalue weighted by Crippen LogP contribution is 2.13. The van der Waals surface area contributed by atoms with Crippen LogP contribution in [0.2, 0.25) is 0 Å². The van der Waals surface area contributed by atoms with Gasteiger partial charge in [0.1, 0.15) is 0 Å². The lowest BCUT2D eigenvalue weighted by Gasteiger charge is -2.13. The van der Waals surface area contributed by atoms with Crippen molar-refractivity contribution in [3.8, 4) is 0 Å². The Morgan fingerprint density at radius 1 is 1.45 bits per heavy atom. The number of aliphatic hydroxyl groups is 1. The predicted octanol–water partition coefficient (Wildman–Crippen LogP) is 1.07. The smallest absolute Gasteiger partial charge is 0.0938 e. The molecule has 0 bridgehead atoms. The third kappa shape index (κ3) is 2.03. The van der Waals surface area contributed by atoms with Crippen LogP contribution in [0, 0.1) is 0 Å². The van der Waals surface area contributed by atoms with Crippen molar-refractivity contribution in [2.75, 3.05) is 0 Å². The first kappa shape index (κ1) is 4.91. The van der Waals surface area contributed by atoms with E-state index >= 15 is 0 Å². The fraction of sp³-hybridized carbons (Fsp3) is 0.333. The second-order valence-electron chi connectivity index (χ2n) is 2.38. The van der Waals surface area contributed by atoms with Crippen LogP contribution in [0.3, 0.4) is 0 Å². The van der Waals surface area contributed by atoms with Crippen LogP contribution >= 0.6 is 0 Å². The summed E-state index contributed by atoms with van der Waals surface area (Å²) in [4.78, 5) is 0. The molecule has 60 valence electrons. The standard InChI is InChI=1S/C9H13NO/c1-7(10)9(11)8-5-3-2-4-6-8/h2-7,9,11H,10H2,1H3/t7-,9+/m1/s1/i1D3. The Morgan fingerprint density at radius 3 is 2.64 bits per heavy atom. The minimum absolute atomic E-state index is 0.524. The minimum Gasteiger partial charge on any atom is -0.387 e. The summed E-state index contributed by atoms with van der Waals surface area (Å²) in [6, 6.07) is 7.30. The Bertz CT molecular complexity index is 286. The zero-order valence-electron chi connectivity index (χ0n) is 9.07. The second-order valence-corrected chi connectivity index (χ2v) is 2.38. The SMILES string of the molecule is [2H]C([2H])([2H])[C@@H](N)[C@H](O)c1ccccc1. The molecule has 0 aliphatic carbocycles. The zero-order chi connectivity index (χ0) is 10.8. The van der Waals surface area contributed by atoms with Gasteiger partial charge in [-0.25, -0.2) is 0 Å². The van der Waals surface area contributed by atoms with Crippen molar-refractivity contribution in [3.05, 3.63) is 35.9 Å². The first-order valence-corrected chi connectivity index (χ1v) is 3.41. The molecule has 0 radical (unpaired) electrons. The Morgan fingerprint density at radius 2 is 2.09 bits per heavy atom. The lowest BCUT2D eigenvalue weighted by atomic mass is 10.0. The summed E-state index contributed by atoms with van der Waals surface area (Å²) in [6.45, 7) is -2.34. The first-order valence-electron chi connectivity index (χ1n) is 4.91. The molecule has 2 nitrogen and oxygen atoms in total. The third-order valence-corrected chi connectivity index (χ3v) is 1.48. The number of rotatable bonds is 2. The van der Waals surface area contributed by atoms with E-state index in [2.05, 4.69) is 0 Å². The summed E-state index contributed by atoms with van der Waals surface area (Å²) in [5.41, 5.74) is 5.94. The van der Waals surface area contributed by atoms with Crippen LogP contribution < -0.4 is 5.73 Å². The van der Waals surface area contributed by atoms with E-state index in [9.17, 15) is 5.11 Å².